The molecule has 0 saturated heterocycles. The minimum atomic E-state index is 0. The molecule has 5 heteroatoms. The van der Waals surface area contributed by atoms with Gasteiger partial charge in [-0.25, -0.2) is 5.84 Å². The summed E-state index contributed by atoms with van der Waals surface area (Å²) in [6.45, 7) is 0. The summed E-state index contributed by atoms with van der Waals surface area (Å²) in [6, 6.07) is 0. The highest BCUT2D eigenvalue weighted by atomic mass is 127. The van der Waals surface area contributed by atoms with Crippen LogP contribution < -0.4 is 11.3 Å². The molecule has 0 aliphatic carbocycles. The summed E-state index contributed by atoms with van der Waals surface area (Å²) in [5.41, 5.74) is 2.17. The standard InChI is InChI=1S/C3H10N4.HI/c1-7(2)3(4)6-5;/h5H2,1-2H3,(H2,4,6);1H. The molecule has 0 aliphatic rings. The van der Waals surface area contributed by atoms with Crippen LogP contribution in [-0.2, 0) is 0 Å². The Morgan fingerprint density at radius 1 is 1.62 bits per heavy atom. The van der Waals surface area contributed by atoms with Crippen molar-refractivity contribution < 1.29 is 0 Å². The Balaban J connectivity index is 0. The van der Waals surface area contributed by atoms with Gasteiger partial charge in [0, 0.05) is 14.1 Å². The number of hydrogen-bond donors (Lipinski definition) is 3. The Hall–Kier alpha value is -0.0400. The topological polar surface area (TPSA) is 65.1 Å². The molecule has 4 nitrogen and oxygen atoms in total. The third-order valence-electron chi connectivity index (χ3n) is 0.584. The Morgan fingerprint density at radius 2 is 2.00 bits per heavy atom. The van der Waals surface area contributed by atoms with E-state index in [1.807, 2.05) is 0 Å². The molecule has 0 saturated carbocycles. The van der Waals surface area contributed by atoms with Crippen molar-refractivity contribution in [3.63, 3.8) is 0 Å². The van der Waals surface area contributed by atoms with Crippen molar-refractivity contribution in [2.45, 2.75) is 0 Å². The zero-order valence-corrected chi connectivity index (χ0v) is 7.26. The van der Waals surface area contributed by atoms with Crippen LogP contribution in [0.1, 0.15) is 0 Å². The highest BCUT2D eigenvalue weighted by Crippen LogP contribution is 1.66. The second-order valence-electron chi connectivity index (χ2n) is 1.39. The van der Waals surface area contributed by atoms with Crippen molar-refractivity contribution in [2.75, 3.05) is 14.1 Å². The molecule has 0 rings (SSSR count). The molecule has 0 heterocycles. The largest absolute Gasteiger partial charge is 0.348 e. The van der Waals surface area contributed by atoms with Crippen molar-refractivity contribution in [3.05, 3.63) is 0 Å². The van der Waals surface area contributed by atoms with Gasteiger partial charge in [-0.1, -0.05) is 0 Å². The molecule has 50 valence electrons. The fraction of sp³-hybridized carbons (Fsp3) is 0.667. The molecule has 0 atom stereocenters. The van der Waals surface area contributed by atoms with Crippen molar-refractivity contribution in [3.8, 4) is 0 Å². The molecule has 0 bridgehead atoms. The second-order valence-corrected chi connectivity index (χ2v) is 1.39. The van der Waals surface area contributed by atoms with E-state index in [9.17, 15) is 0 Å². The quantitative estimate of drug-likeness (QED) is 0.174. The first-order valence-corrected chi connectivity index (χ1v) is 1.91. The molecule has 0 aromatic heterocycles. The Kier molecular flexibility index (Phi) is 6.93. The summed E-state index contributed by atoms with van der Waals surface area (Å²) < 4.78 is 0. The molecule has 0 fully saturated rings. The molecule has 8 heavy (non-hydrogen) atoms. The molecule has 0 aliphatic heterocycles. The normalized spacial score (nSPS) is 6.88. The summed E-state index contributed by atoms with van der Waals surface area (Å²) >= 11 is 0. The third kappa shape index (κ3) is 4.13. The van der Waals surface area contributed by atoms with Crippen LogP contribution >= 0.6 is 24.0 Å². The minimum Gasteiger partial charge on any atom is -0.348 e. The third-order valence-corrected chi connectivity index (χ3v) is 0.584. The molecule has 4 N–H and O–H groups in total. The first-order chi connectivity index (χ1) is 3.18. The first kappa shape index (κ1) is 10.9. The van der Waals surface area contributed by atoms with Crippen LogP contribution in [-0.4, -0.2) is 25.0 Å². The lowest BCUT2D eigenvalue weighted by Crippen LogP contribution is -2.39. The highest BCUT2D eigenvalue weighted by Gasteiger charge is 1.89. The van der Waals surface area contributed by atoms with Crippen molar-refractivity contribution >= 4 is 29.9 Å². The summed E-state index contributed by atoms with van der Waals surface area (Å²) in [4.78, 5) is 1.57. The Labute approximate surface area is 65.9 Å². The van der Waals surface area contributed by atoms with E-state index >= 15 is 0 Å². The number of nitrogens with two attached hydrogens (primary N) is 1. The second kappa shape index (κ2) is 5.10. The van der Waals surface area contributed by atoms with Crippen LogP contribution in [0.5, 0.6) is 0 Å². The van der Waals surface area contributed by atoms with Gasteiger partial charge in [0.2, 0.25) is 5.96 Å². The molecule has 0 amide bonds. The number of hydrogen-bond acceptors (Lipinski definition) is 2. The van der Waals surface area contributed by atoms with Crippen LogP contribution in [0.3, 0.4) is 0 Å². The van der Waals surface area contributed by atoms with E-state index in [4.69, 9.17) is 11.3 Å². The summed E-state index contributed by atoms with van der Waals surface area (Å²) in [5.74, 6) is 5.07. The van der Waals surface area contributed by atoms with Gasteiger partial charge in [0.05, 0.1) is 0 Å². The van der Waals surface area contributed by atoms with E-state index in [-0.39, 0.29) is 29.9 Å². The van der Waals surface area contributed by atoms with Gasteiger partial charge in [0.1, 0.15) is 0 Å². The zero-order valence-electron chi connectivity index (χ0n) is 4.93. The van der Waals surface area contributed by atoms with E-state index in [0.717, 1.165) is 0 Å². The lowest BCUT2D eigenvalue weighted by atomic mass is 10.8. The molecule has 0 unspecified atom stereocenters. The maximum Gasteiger partial charge on any atom is 0.204 e. The number of hydrazine groups is 1. The van der Waals surface area contributed by atoms with Gasteiger partial charge in [0.25, 0.3) is 0 Å². The van der Waals surface area contributed by atoms with Crippen LogP contribution in [0.2, 0.25) is 0 Å². The van der Waals surface area contributed by atoms with E-state index in [1.54, 1.807) is 19.0 Å². The predicted octanol–water partition coefficient (Wildman–Crippen LogP) is -0.436. The fourth-order valence-corrected chi connectivity index (χ4v) is 0.129. The molecule has 0 radical (unpaired) electrons. The maximum atomic E-state index is 6.88. The maximum absolute atomic E-state index is 6.88. The van der Waals surface area contributed by atoms with Crippen molar-refractivity contribution in [2.24, 2.45) is 5.84 Å². The van der Waals surface area contributed by atoms with Gasteiger partial charge in [-0.15, -0.1) is 24.0 Å². The fourth-order valence-electron chi connectivity index (χ4n) is 0.129. The Bertz CT molecular complexity index is 71.7. The number of guanidine groups is 1. The molecule has 0 aromatic rings. The number of nitrogens with zero attached hydrogens (tertiary/aromatic N) is 1. The number of halogens is 1. The number of nitrogens with one attached hydrogen (secondary N) is 2. The molecule has 0 aromatic carbocycles. The van der Waals surface area contributed by atoms with E-state index in [1.165, 1.54) is 0 Å². The monoisotopic (exact) mass is 230 g/mol. The Morgan fingerprint density at radius 3 is 2.00 bits per heavy atom. The van der Waals surface area contributed by atoms with Gasteiger partial charge in [-0.05, 0) is 0 Å². The van der Waals surface area contributed by atoms with Gasteiger partial charge in [-0.2, -0.15) is 0 Å². The van der Waals surface area contributed by atoms with Gasteiger partial charge in [0.15, 0.2) is 0 Å². The van der Waals surface area contributed by atoms with E-state index < -0.39 is 0 Å². The van der Waals surface area contributed by atoms with Gasteiger partial charge >= 0.3 is 0 Å². The lowest BCUT2D eigenvalue weighted by Gasteiger charge is -2.10. The van der Waals surface area contributed by atoms with Crippen LogP contribution in [0, 0.1) is 5.41 Å². The van der Waals surface area contributed by atoms with E-state index in [0.29, 0.717) is 0 Å². The minimum absolute atomic E-state index is 0. The predicted molar refractivity (Wildman–Crippen MR) is 44.2 cm³/mol. The van der Waals surface area contributed by atoms with Crippen LogP contribution in [0.4, 0.5) is 0 Å². The molecular weight excluding hydrogens is 219 g/mol. The highest BCUT2D eigenvalue weighted by molar-refractivity contribution is 14.0. The summed E-state index contributed by atoms with van der Waals surface area (Å²) in [5, 5.41) is 6.88. The zero-order chi connectivity index (χ0) is 5.86. The van der Waals surface area contributed by atoms with Crippen molar-refractivity contribution in [1.29, 1.82) is 5.41 Å². The smallest absolute Gasteiger partial charge is 0.204 e. The lowest BCUT2D eigenvalue weighted by molar-refractivity contribution is 0.584. The van der Waals surface area contributed by atoms with Gasteiger partial charge < -0.3 is 4.90 Å². The van der Waals surface area contributed by atoms with E-state index in [2.05, 4.69) is 5.43 Å². The van der Waals surface area contributed by atoms with Crippen LogP contribution in [0.15, 0.2) is 0 Å². The molecular formula is C3H11IN4. The first-order valence-electron chi connectivity index (χ1n) is 1.91. The average Bonchev–Trinajstić information content (AvgIpc) is 1.65. The van der Waals surface area contributed by atoms with Crippen LogP contribution in [0.25, 0.3) is 0 Å². The summed E-state index contributed by atoms with van der Waals surface area (Å²) in [7, 11) is 3.48. The molecule has 0 spiro atoms. The average molecular weight is 230 g/mol. The summed E-state index contributed by atoms with van der Waals surface area (Å²) in [6.07, 6.45) is 0. The van der Waals surface area contributed by atoms with Crippen molar-refractivity contribution in [1.82, 2.24) is 10.3 Å². The number of rotatable bonds is 0. The SMILES string of the molecule is CN(C)C(=N)NN.I. The van der Waals surface area contributed by atoms with Gasteiger partial charge in [-0.3, -0.25) is 10.8 Å².